The molecule has 0 atom stereocenters. The molecule has 1 saturated heterocycles. The third-order valence-corrected chi connectivity index (χ3v) is 4.49. The zero-order valence-electron chi connectivity index (χ0n) is 12.3. The number of nitrogens with zero attached hydrogens (tertiary/aromatic N) is 2. The first-order chi connectivity index (χ1) is 10.6. The van der Waals surface area contributed by atoms with Crippen LogP contribution >= 0.6 is 23.2 Å². The van der Waals surface area contributed by atoms with Gasteiger partial charge in [0.15, 0.2) is 0 Å². The van der Waals surface area contributed by atoms with Crippen LogP contribution in [0.15, 0.2) is 29.2 Å². The summed E-state index contributed by atoms with van der Waals surface area (Å²) in [6.07, 6.45) is 5.72. The summed E-state index contributed by atoms with van der Waals surface area (Å²) in [4.78, 5) is 14.6. The molecule has 1 fully saturated rings. The highest BCUT2D eigenvalue weighted by atomic mass is 35.5. The molecule has 0 spiro atoms. The van der Waals surface area contributed by atoms with Crippen molar-refractivity contribution in [3.63, 3.8) is 0 Å². The van der Waals surface area contributed by atoms with Gasteiger partial charge >= 0.3 is 0 Å². The van der Waals surface area contributed by atoms with Crippen LogP contribution in [0.25, 0.3) is 11.1 Å². The molecule has 1 aromatic heterocycles. The van der Waals surface area contributed by atoms with E-state index in [-0.39, 0.29) is 5.56 Å². The first kappa shape index (κ1) is 15.7. The highest BCUT2D eigenvalue weighted by Gasteiger charge is 2.12. The van der Waals surface area contributed by atoms with E-state index in [2.05, 4.69) is 10.00 Å². The molecule has 0 aliphatic carbocycles. The Labute approximate surface area is 139 Å². The van der Waals surface area contributed by atoms with Gasteiger partial charge in [-0.2, -0.15) is 0 Å². The zero-order valence-corrected chi connectivity index (χ0v) is 13.8. The maximum atomic E-state index is 12.1. The number of rotatable bonds is 4. The molecule has 0 radical (unpaired) electrons. The van der Waals surface area contributed by atoms with Gasteiger partial charge in [0.2, 0.25) is 0 Å². The number of benzene rings is 1. The van der Waals surface area contributed by atoms with Crippen LogP contribution in [0, 0.1) is 0 Å². The fourth-order valence-electron chi connectivity index (χ4n) is 2.90. The number of piperidine rings is 1. The monoisotopic (exact) mass is 339 g/mol. The van der Waals surface area contributed by atoms with Crippen molar-refractivity contribution in [2.45, 2.75) is 25.8 Å². The Morgan fingerprint density at radius 3 is 2.36 bits per heavy atom. The Balaban J connectivity index is 1.74. The van der Waals surface area contributed by atoms with Crippen molar-refractivity contribution in [2.24, 2.45) is 0 Å². The van der Waals surface area contributed by atoms with E-state index in [0.717, 1.165) is 31.7 Å². The third kappa shape index (κ3) is 3.75. The van der Waals surface area contributed by atoms with Crippen LogP contribution in [-0.2, 0) is 6.54 Å². The van der Waals surface area contributed by atoms with Crippen LogP contribution in [0.4, 0.5) is 0 Å². The lowest BCUT2D eigenvalue weighted by Gasteiger charge is -2.26. The minimum absolute atomic E-state index is 0.114. The second-order valence-corrected chi connectivity index (χ2v) is 6.61. The minimum Gasteiger partial charge on any atom is -0.302 e. The molecule has 22 heavy (non-hydrogen) atoms. The van der Waals surface area contributed by atoms with E-state index in [1.165, 1.54) is 19.3 Å². The molecule has 0 unspecified atom stereocenters. The molecule has 0 saturated carbocycles. The SMILES string of the molecule is O=c1[nH]n(CCN2CCCCC2)cc1-c1cc(Cl)cc(Cl)c1. The second-order valence-electron chi connectivity index (χ2n) is 5.74. The van der Waals surface area contributed by atoms with Crippen molar-refractivity contribution in [3.8, 4) is 11.1 Å². The van der Waals surface area contributed by atoms with Gasteiger partial charge in [0.25, 0.3) is 5.56 Å². The standard InChI is InChI=1S/C16H19Cl2N3O/c17-13-8-12(9-14(18)10-13)15-11-21(19-16(15)22)7-6-20-4-2-1-3-5-20/h8-11H,1-7H2,(H,19,22). The Hall–Kier alpha value is -1.23. The molecule has 3 rings (SSSR count). The van der Waals surface area contributed by atoms with Gasteiger partial charge in [-0.15, -0.1) is 0 Å². The Morgan fingerprint density at radius 1 is 1.00 bits per heavy atom. The Morgan fingerprint density at radius 2 is 1.68 bits per heavy atom. The van der Waals surface area contributed by atoms with Crippen molar-refractivity contribution in [3.05, 3.63) is 44.8 Å². The molecule has 1 aliphatic heterocycles. The highest BCUT2D eigenvalue weighted by Crippen LogP contribution is 2.25. The zero-order chi connectivity index (χ0) is 15.5. The third-order valence-electron chi connectivity index (χ3n) is 4.05. The molecule has 6 heteroatoms. The van der Waals surface area contributed by atoms with E-state index in [1.54, 1.807) is 18.2 Å². The normalized spacial score (nSPS) is 16.1. The van der Waals surface area contributed by atoms with Gasteiger partial charge in [0, 0.05) is 22.8 Å². The summed E-state index contributed by atoms with van der Waals surface area (Å²) in [6, 6.07) is 5.17. The van der Waals surface area contributed by atoms with E-state index in [4.69, 9.17) is 23.2 Å². The second kappa shape index (κ2) is 6.90. The van der Waals surface area contributed by atoms with E-state index >= 15 is 0 Å². The van der Waals surface area contributed by atoms with Crippen LogP contribution in [0.3, 0.4) is 0 Å². The number of H-pyrrole nitrogens is 1. The summed E-state index contributed by atoms with van der Waals surface area (Å²) < 4.78 is 1.85. The predicted octanol–water partition coefficient (Wildman–Crippen LogP) is 3.64. The molecule has 4 nitrogen and oxygen atoms in total. The van der Waals surface area contributed by atoms with Gasteiger partial charge in [-0.25, -0.2) is 0 Å². The van der Waals surface area contributed by atoms with Gasteiger partial charge < -0.3 is 4.90 Å². The van der Waals surface area contributed by atoms with Gasteiger partial charge in [0.1, 0.15) is 0 Å². The molecule has 0 bridgehead atoms. The number of likely N-dealkylation sites (tertiary alicyclic amines) is 1. The van der Waals surface area contributed by atoms with E-state index < -0.39 is 0 Å². The van der Waals surface area contributed by atoms with Gasteiger partial charge in [-0.1, -0.05) is 29.6 Å². The molecule has 118 valence electrons. The molecule has 1 aromatic carbocycles. The summed E-state index contributed by atoms with van der Waals surface area (Å²) in [5.74, 6) is 0. The molecule has 0 amide bonds. The van der Waals surface area contributed by atoms with Gasteiger partial charge in [-0.05, 0) is 49.7 Å². The highest BCUT2D eigenvalue weighted by molar-refractivity contribution is 6.35. The van der Waals surface area contributed by atoms with E-state index in [9.17, 15) is 4.79 Å². The summed E-state index contributed by atoms with van der Waals surface area (Å²) in [7, 11) is 0. The molecule has 2 heterocycles. The summed E-state index contributed by atoms with van der Waals surface area (Å²) in [6.45, 7) is 4.05. The average molecular weight is 340 g/mol. The van der Waals surface area contributed by atoms with Crippen LogP contribution in [-0.4, -0.2) is 34.3 Å². The van der Waals surface area contributed by atoms with E-state index in [0.29, 0.717) is 15.6 Å². The lowest BCUT2D eigenvalue weighted by atomic mass is 10.1. The smallest absolute Gasteiger partial charge is 0.271 e. The first-order valence-electron chi connectivity index (χ1n) is 7.60. The number of aromatic nitrogens is 2. The van der Waals surface area contributed by atoms with Crippen molar-refractivity contribution in [2.75, 3.05) is 19.6 Å². The molecule has 2 aromatic rings. The fraction of sp³-hybridized carbons (Fsp3) is 0.438. The van der Waals surface area contributed by atoms with Crippen molar-refractivity contribution in [1.29, 1.82) is 0 Å². The van der Waals surface area contributed by atoms with Crippen LogP contribution in [0.5, 0.6) is 0 Å². The molecule has 1 N–H and O–H groups in total. The Bertz CT molecular complexity index is 681. The molecular weight excluding hydrogens is 321 g/mol. The number of aromatic amines is 1. The van der Waals surface area contributed by atoms with Crippen molar-refractivity contribution < 1.29 is 0 Å². The Kier molecular flexibility index (Phi) is 4.91. The summed E-state index contributed by atoms with van der Waals surface area (Å²) in [5.41, 5.74) is 1.23. The fourth-order valence-corrected chi connectivity index (χ4v) is 3.43. The number of hydrogen-bond donors (Lipinski definition) is 1. The quantitative estimate of drug-likeness (QED) is 0.923. The summed E-state index contributed by atoms with van der Waals surface area (Å²) in [5, 5.41) is 3.93. The van der Waals surface area contributed by atoms with Crippen LogP contribution in [0.2, 0.25) is 10.0 Å². The lowest BCUT2D eigenvalue weighted by Crippen LogP contribution is -2.32. The average Bonchev–Trinajstić information content (AvgIpc) is 2.86. The first-order valence-corrected chi connectivity index (χ1v) is 8.36. The topological polar surface area (TPSA) is 41.0 Å². The maximum absolute atomic E-state index is 12.1. The predicted molar refractivity (Wildman–Crippen MR) is 90.8 cm³/mol. The largest absolute Gasteiger partial charge is 0.302 e. The number of hydrogen-bond acceptors (Lipinski definition) is 2. The number of halogens is 2. The summed E-state index contributed by atoms with van der Waals surface area (Å²) >= 11 is 12.0. The minimum atomic E-state index is -0.114. The van der Waals surface area contributed by atoms with Gasteiger partial charge in [-0.3, -0.25) is 14.6 Å². The number of nitrogens with one attached hydrogen (secondary N) is 1. The molecule has 1 aliphatic rings. The van der Waals surface area contributed by atoms with E-state index in [1.807, 2.05) is 10.9 Å². The lowest BCUT2D eigenvalue weighted by molar-refractivity contribution is 0.218. The van der Waals surface area contributed by atoms with Crippen molar-refractivity contribution >= 4 is 23.2 Å². The van der Waals surface area contributed by atoms with Gasteiger partial charge in [0.05, 0.1) is 12.1 Å². The van der Waals surface area contributed by atoms with Crippen molar-refractivity contribution in [1.82, 2.24) is 14.7 Å². The molecular formula is C16H19Cl2N3O. The maximum Gasteiger partial charge on any atom is 0.271 e. The van der Waals surface area contributed by atoms with Crippen LogP contribution in [0.1, 0.15) is 19.3 Å². The van der Waals surface area contributed by atoms with Crippen LogP contribution < -0.4 is 5.56 Å².